The number of rotatable bonds is 11. The molecule has 24 heavy (non-hydrogen) atoms. The summed E-state index contributed by atoms with van der Waals surface area (Å²) in [6, 6.07) is 7.96. The number of amides is 1. The lowest BCUT2D eigenvalue weighted by Gasteiger charge is -2.12. The van der Waals surface area contributed by atoms with E-state index in [2.05, 4.69) is 10.1 Å². The third-order valence-corrected chi connectivity index (χ3v) is 5.36. The quantitative estimate of drug-likeness (QED) is 0.364. The van der Waals surface area contributed by atoms with Crippen LogP contribution in [-0.2, 0) is 19.1 Å². The fourth-order valence-corrected chi connectivity index (χ4v) is 3.76. The van der Waals surface area contributed by atoms with E-state index in [0.29, 0.717) is 19.6 Å². The number of hydrogen-bond acceptors (Lipinski definition) is 7. The van der Waals surface area contributed by atoms with E-state index in [-0.39, 0.29) is 18.5 Å². The van der Waals surface area contributed by atoms with Gasteiger partial charge in [0.05, 0.1) is 13.7 Å². The normalized spacial score (nSPS) is 10.3. The van der Waals surface area contributed by atoms with Gasteiger partial charge in [0.2, 0.25) is 5.91 Å². The average Bonchev–Trinajstić information content (AvgIpc) is 2.58. The summed E-state index contributed by atoms with van der Waals surface area (Å²) in [6.45, 7) is 0.973. The van der Waals surface area contributed by atoms with Gasteiger partial charge in [-0.25, -0.2) is 4.79 Å². The number of anilines is 1. The molecule has 0 bridgehead atoms. The van der Waals surface area contributed by atoms with Crippen LogP contribution in [0.5, 0.6) is 0 Å². The lowest BCUT2D eigenvalue weighted by Crippen LogP contribution is -2.21. The van der Waals surface area contributed by atoms with Gasteiger partial charge in [-0.1, -0.05) is 33.7 Å². The zero-order valence-corrected chi connectivity index (χ0v) is 15.9. The second-order valence-corrected chi connectivity index (χ2v) is 7.45. The van der Waals surface area contributed by atoms with Crippen LogP contribution in [-0.4, -0.2) is 63.5 Å². The molecule has 1 N–H and O–H groups in total. The second-order valence-electron chi connectivity index (χ2n) is 5.00. The highest BCUT2D eigenvalue weighted by Crippen LogP contribution is 2.36. The third-order valence-electron chi connectivity index (χ3n) is 2.94. The maximum Gasteiger partial charge on any atom is 0.331 e. The van der Waals surface area contributed by atoms with Gasteiger partial charge in [-0.15, -0.1) is 0 Å². The Morgan fingerprint density at radius 3 is 2.71 bits per heavy atom. The predicted octanol–water partition coefficient (Wildman–Crippen LogP) is 2.51. The molecule has 6 nitrogen and oxygen atoms in total. The van der Waals surface area contributed by atoms with Crippen molar-refractivity contribution in [2.24, 2.45) is 0 Å². The van der Waals surface area contributed by atoms with Crippen molar-refractivity contribution in [1.82, 2.24) is 4.90 Å². The topological polar surface area (TPSA) is 67.9 Å². The SMILES string of the molecule is COC(=O)COCCNc1ccccc1SSCCC(=O)N(C)C. The minimum Gasteiger partial charge on any atom is -0.467 e. The number of benzene rings is 1. The Balaban J connectivity index is 2.31. The first-order chi connectivity index (χ1) is 11.5. The van der Waals surface area contributed by atoms with Crippen LogP contribution in [0.1, 0.15) is 6.42 Å². The van der Waals surface area contributed by atoms with Crippen molar-refractivity contribution >= 4 is 39.2 Å². The minimum absolute atomic E-state index is 0.0374. The van der Waals surface area contributed by atoms with Gasteiger partial charge in [0, 0.05) is 43.4 Å². The number of nitrogens with one attached hydrogen (secondary N) is 1. The third kappa shape index (κ3) is 8.47. The van der Waals surface area contributed by atoms with Crippen LogP contribution >= 0.6 is 21.6 Å². The molecule has 0 aromatic heterocycles. The summed E-state index contributed by atoms with van der Waals surface area (Å²) < 4.78 is 9.71. The van der Waals surface area contributed by atoms with E-state index in [9.17, 15) is 9.59 Å². The zero-order chi connectivity index (χ0) is 17.8. The van der Waals surface area contributed by atoms with Gasteiger partial charge >= 0.3 is 5.97 Å². The van der Waals surface area contributed by atoms with Gasteiger partial charge in [0.1, 0.15) is 6.61 Å². The molecule has 8 heteroatoms. The van der Waals surface area contributed by atoms with E-state index in [1.807, 2.05) is 24.3 Å². The first kappa shape index (κ1) is 20.7. The van der Waals surface area contributed by atoms with Crippen LogP contribution in [0.25, 0.3) is 0 Å². The zero-order valence-electron chi connectivity index (χ0n) is 14.2. The summed E-state index contributed by atoms with van der Waals surface area (Å²) in [4.78, 5) is 25.2. The lowest BCUT2D eigenvalue weighted by molar-refractivity contribution is -0.145. The molecule has 0 aliphatic carbocycles. The number of carbonyl (C=O) groups is 2. The van der Waals surface area contributed by atoms with Crippen LogP contribution in [0.4, 0.5) is 5.69 Å². The van der Waals surface area contributed by atoms with Crippen LogP contribution in [0.3, 0.4) is 0 Å². The van der Waals surface area contributed by atoms with E-state index < -0.39 is 0 Å². The molecule has 1 rings (SSSR count). The van der Waals surface area contributed by atoms with Gasteiger partial charge in [0.25, 0.3) is 0 Å². The predicted molar refractivity (Wildman–Crippen MR) is 99.4 cm³/mol. The van der Waals surface area contributed by atoms with Gasteiger partial charge in [-0.05, 0) is 12.1 Å². The van der Waals surface area contributed by atoms with Crippen LogP contribution in [0.2, 0.25) is 0 Å². The monoisotopic (exact) mass is 372 g/mol. The molecule has 0 heterocycles. The van der Waals surface area contributed by atoms with Crippen LogP contribution in [0.15, 0.2) is 29.2 Å². The lowest BCUT2D eigenvalue weighted by atomic mass is 10.3. The Morgan fingerprint density at radius 2 is 2.00 bits per heavy atom. The molecule has 0 atom stereocenters. The fourth-order valence-electron chi connectivity index (χ4n) is 1.62. The van der Waals surface area contributed by atoms with Crippen molar-refractivity contribution in [3.63, 3.8) is 0 Å². The van der Waals surface area contributed by atoms with Gasteiger partial charge < -0.3 is 19.7 Å². The van der Waals surface area contributed by atoms with Crippen molar-refractivity contribution in [1.29, 1.82) is 0 Å². The van der Waals surface area contributed by atoms with Crippen LogP contribution in [0, 0.1) is 0 Å². The average molecular weight is 373 g/mol. The molecule has 134 valence electrons. The molecular weight excluding hydrogens is 348 g/mol. The van der Waals surface area contributed by atoms with E-state index in [0.717, 1.165) is 16.3 Å². The molecule has 1 aromatic rings. The number of methoxy groups -OCH3 is 1. The summed E-state index contributed by atoms with van der Waals surface area (Å²) in [7, 11) is 8.16. The van der Waals surface area contributed by atoms with Gasteiger partial charge in [-0.2, -0.15) is 0 Å². The Morgan fingerprint density at radius 1 is 1.25 bits per heavy atom. The van der Waals surface area contributed by atoms with E-state index >= 15 is 0 Å². The highest BCUT2D eigenvalue weighted by molar-refractivity contribution is 8.76. The Labute approximate surface area is 151 Å². The summed E-state index contributed by atoms with van der Waals surface area (Å²) in [5.41, 5.74) is 1.01. The first-order valence-electron chi connectivity index (χ1n) is 7.51. The van der Waals surface area contributed by atoms with Crippen molar-refractivity contribution in [2.75, 3.05) is 52.0 Å². The van der Waals surface area contributed by atoms with Crippen LogP contribution < -0.4 is 5.32 Å². The minimum atomic E-state index is -0.380. The largest absolute Gasteiger partial charge is 0.467 e. The molecule has 1 aromatic carbocycles. The highest BCUT2D eigenvalue weighted by Gasteiger charge is 2.06. The molecule has 0 unspecified atom stereocenters. The molecular formula is C16H24N2O4S2. The fraction of sp³-hybridized carbons (Fsp3) is 0.500. The van der Waals surface area contributed by atoms with Gasteiger partial charge in [-0.3, -0.25) is 4.79 Å². The number of nitrogens with zero attached hydrogens (tertiary/aromatic N) is 1. The highest BCUT2D eigenvalue weighted by atomic mass is 33.1. The number of carbonyl (C=O) groups excluding carboxylic acids is 2. The maximum absolute atomic E-state index is 11.5. The molecule has 0 aliphatic rings. The molecule has 0 saturated heterocycles. The standard InChI is InChI=1S/C16H24N2O4S2/c1-18(2)15(19)8-11-23-24-14-7-5-4-6-13(14)17-9-10-22-12-16(20)21-3/h4-7,17H,8-12H2,1-3H3. The molecule has 0 aliphatic heterocycles. The molecule has 0 saturated carbocycles. The first-order valence-corrected chi connectivity index (χ1v) is 9.83. The van der Waals surface area contributed by atoms with Gasteiger partial charge in [0.15, 0.2) is 0 Å². The summed E-state index contributed by atoms with van der Waals surface area (Å²) in [5.74, 6) is 0.519. The number of esters is 1. The smallest absolute Gasteiger partial charge is 0.331 e. The van der Waals surface area contributed by atoms with Crippen molar-refractivity contribution in [3.05, 3.63) is 24.3 Å². The van der Waals surface area contributed by atoms with E-state index in [1.165, 1.54) is 7.11 Å². The maximum atomic E-state index is 11.5. The number of ether oxygens (including phenoxy) is 2. The molecule has 0 radical (unpaired) electrons. The Bertz CT molecular complexity index is 527. The van der Waals surface area contributed by atoms with E-state index in [4.69, 9.17) is 4.74 Å². The van der Waals surface area contributed by atoms with Crippen molar-refractivity contribution < 1.29 is 19.1 Å². The molecule has 1 amide bonds. The Kier molecular flexibility index (Phi) is 10.4. The molecule has 0 spiro atoms. The van der Waals surface area contributed by atoms with Crippen molar-refractivity contribution in [3.8, 4) is 0 Å². The summed E-state index contributed by atoms with van der Waals surface area (Å²) in [6.07, 6.45) is 0.529. The van der Waals surface area contributed by atoms with E-state index in [1.54, 1.807) is 40.6 Å². The molecule has 0 fully saturated rings. The Hall–Kier alpha value is -1.38. The summed E-state index contributed by atoms with van der Waals surface area (Å²) in [5, 5.41) is 3.29. The number of para-hydroxylation sites is 1. The second kappa shape index (κ2) is 12.0. The number of hydrogen-bond donors (Lipinski definition) is 1. The van der Waals surface area contributed by atoms with Crippen molar-refractivity contribution in [2.45, 2.75) is 11.3 Å². The summed E-state index contributed by atoms with van der Waals surface area (Å²) >= 11 is 0.